The topological polar surface area (TPSA) is 29.3 Å². The molecule has 2 fully saturated rings. The van der Waals surface area contributed by atoms with Crippen LogP contribution in [-0.2, 0) is 6.42 Å². The molecular weight excluding hydrogens is 232 g/mol. The van der Waals surface area contributed by atoms with Crippen molar-refractivity contribution in [3.8, 4) is 0 Å². The Morgan fingerprint density at radius 1 is 1.16 bits per heavy atom. The van der Waals surface area contributed by atoms with Crippen LogP contribution in [-0.4, -0.2) is 20.1 Å². The van der Waals surface area contributed by atoms with Crippen LogP contribution in [0, 0.1) is 17.8 Å². The van der Waals surface area contributed by atoms with Crippen LogP contribution in [0.3, 0.4) is 0 Å². The predicted octanol–water partition coefficient (Wildman–Crippen LogP) is 3.06. The van der Waals surface area contributed by atoms with Crippen LogP contribution < -0.4 is 10.6 Å². The highest BCUT2D eigenvalue weighted by molar-refractivity contribution is 5.47. The summed E-state index contributed by atoms with van der Waals surface area (Å²) < 4.78 is 0. The van der Waals surface area contributed by atoms with Crippen LogP contribution in [0.5, 0.6) is 0 Å². The summed E-state index contributed by atoms with van der Waals surface area (Å²) in [6, 6.07) is 8.94. The van der Waals surface area contributed by atoms with Gasteiger partial charge in [0.2, 0.25) is 0 Å². The smallest absolute Gasteiger partial charge is 0.0363 e. The fourth-order valence-electron chi connectivity index (χ4n) is 4.14. The van der Waals surface area contributed by atoms with Crippen LogP contribution in [0.4, 0.5) is 5.69 Å². The van der Waals surface area contributed by atoms with Crippen molar-refractivity contribution in [1.82, 2.24) is 0 Å². The lowest BCUT2D eigenvalue weighted by molar-refractivity contribution is 0.337. The number of nitrogens with zero attached hydrogens (tertiary/aromatic N) is 1. The van der Waals surface area contributed by atoms with Gasteiger partial charge in [-0.3, -0.25) is 0 Å². The van der Waals surface area contributed by atoms with Crippen LogP contribution in [0.25, 0.3) is 0 Å². The zero-order valence-electron chi connectivity index (χ0n) is 12.0. The molecule has 0 aliphatic heterocycles. The Morgan fingerprint density at radius 3 is 2.53 bits per heavy atom. The van der Waals surface area contributed by atoms with E-state index in [2.05, 4.69) is 36.2 Å². The molecule has 1 aromatic carbocycles. The Kier molecular flexibility index (Phi) is 3.79. The summed E-state index contributed by atoms with van der Waals surface area (Å²) in [5.41, 5.74) is 8.29. The lowest BCUT2D eigenvalue weighted by atomic mass is 9.88. The standard InChI is InChI=1S/C17H26N2/c1-19(12-16-11-14-2-5-15(16)10-14)17-6-3-13(4-7-17)8-9-18/h3-4,6-7,14-16H,2,5,8-12,18H2,1H3. The minimum Gasteiger partial charge on any atom is -0.374 e. The van der Waals surface area contributed by atoms with Crippen LogP contribution in [0.15, 0.2) is 24.3 Å². The Balaban J connectivity index is 1.59. The molecule has 1 aromatic rings. The van der Waals surface area contributed by atoms with Gasteiger partial charge in [-0.25, -0.2) is 0 Å². The average molecular weight is 258 g/mol. The van der Waals surface area contributed by atoms with Gasteiger partial charge in [0.25, 0.3) is 0 Å². The lowest BCUT2D eigenvalue weighted by Crippen LogP contribution is -2.28. The fourth-order valence-corrected chi connectivity index (χ4v) is 4.14. The SMILES string of the molecule is CN(CC1CC2CCC1C2)c1ccc(CCN)cc1. The molecule has 3 atom stereocenters. The second kappa shape index (κ2) is 5.54. The molecule has 104 valence electrons. The first kappa shape index (κ1) is 13.0. The monoisotopic (exact) mass is 258 g/mol. The van der Waals surface area contributed by atoms with Crippen molar-refractivity contribution in [3.05, 3.63) is 29.8 Å². The van der Waals surface area contributed by atoms with Crippen molar-refractivity contribution < 1.29 is 0 Å². The molecule has 2 heteroatoms. The molecule has 3 rings (SSSR count). The summed E-state index contributed by atoms with van der Waals surface area (Å²) in [7, 11) is 2.24. The molecule has 0 heterocycles. The molecule has 19 heavy (non-hydrogen) atoms. The van der Waals surface area contributed by atoms with E-state index in [-0.39, 0.29) is 0 Å². The summed E-state index contributed by atoms with van der Waals surface area (Å²) in [5, 5.41) is 0. The summed E-state index contributed by atoms with van der Waals surface area (Å²) in [4.78, 5) is 2.44. The third kappa shape index (κ3) is 2.79. The first-order valence-electron chi connectivity index (χ1n) is 7.76. The summed E-state index contributed by atoms with van der Waals surface area (Å²) in [5.74, 6) is 3.01. The average Bonchev–Trinajstić information content (AvgIpc) is 3.02. The van der Waals surface area contributed by atoms with E-state index in [4.69, 9.17) is 5.73 Å². The summed E-state index contributed by atoms with van der Waals surface area (Å²) in [6.45, 7) is 1.97. The van der Waals surface area contributed by atoms with E-state index in [1.165, 1.54) is 43.5 Å². The highest BCUT2D eigenvalue weighted by Gasteiger charge is 2.39. The summed E-state index contributed by atoms with van der Waals surface area (Å²) >= 11 is 0. The number of hydrogen-bond acceptors (Lipinski definition) is 2. The molecule has 3 unspecified atom stereocenters. The third-order valence-corrected chi connectivity index (χ3v) is 5.20. The van der Waals surface area contributed by atoms with E-state index in [1.54, 1.807) is 0 Å². The van der Waals surface area contributed by atoms with E-state index >= 15 is 0 Å². The number of rotatable bonds is 5. The number of nitrogens with two attached hydrogens (primary N) is 1. The lowest BCUT2D eigenvalue weighted by Gasteiger charge is -2.28. The van der Waals surface area contributed by atoms with Gasteiger partial charge in [0.05, 0.1) is 0 Å². The van der Waals surface area contributed by atoms with Crippen LogP contribution >= 0.6 is 0 Å². The quantitative estimate of drug-likeness (QED) is 0.879. The Bertz CT molecular complexity index is 412. The van der Waals surface area contributed by atoms with Crippen molar-refractivity contribution in [2.45, 2.75) is 32.1 Å². The van der Waals surface area contributed by atoms with E-state index in [0.29, 0.717) is 0 Å². The maximum atomic E-state index is 5.59. The fraction of sp³-hybridized carbons (Fsp3) is 0.647. The molecule has 2 N–H and O–H groups in total. The van der Waals surface area contributed by atoms with Gasteiger partial charge in [-0.15, -0.1) is 0 Å². The van der Waals surface area contributed by atoms with E-state index in [0.717, 1.165) is 30.7 Å². The second-order valence-electron chi connectivity index (χ2n) is 6.52. The zero-order valence-corrected chi connectivity index (χ0v) is 12.0. The van der Waals surface area contributed by atoms with Gasteiger partial charge in [0, 0.05) is 19.3 Å². The van der Waals surface area contributed by atoms with Crippen molar-refractivity contribution in [2.75, 3.05) is 25.0 Å². The van der Waals surface area contributed by atoms with Gasteiger partial charge in [-0.05, 0) is 67.7 Å². The highest BCUT2D eigenvalue weighted by atomic mass is 15.1. The third-order valence-electron chi connectivity index (χ3n) is 5.20. The molecule has 2 aliphatic carbocycles. The second-order valence-corrected chi connectivity index (χ2v) is 6.52. The molecule has 0 aromatic heterocycles. The van der Waals surface area contributed by atoms with Crippen molar-refractivity contribution in [1.29, 1.82) is 0 Å². The molecule has 2 nitrogen and oxygen atoms in total. The highest BCUT2D eigenvalue weighted by Crippen LogP contribution is 2.48. The molecule has 2 bridgehead atoms. The van der Waals surface area contributed by atoms with Gasteiger partial charge in [-0.1, -0.05) is 18.6 Å². The van der Waals surface area contributed by atoms with Crippen LogP contribution in [0.1, 0.15) is 31.2 Å². The number of fused-ring (bicyclic) bond motifs is 2. The summed E-state index contributed by atoms with van der Waals surface area (Å²) in [6.07, 6.45) is 6.95. The first-order valence-corrected chi connectivity index (χ1v) is 7.76. The number of anilines is 1. The number of benzene rings is 1. The van der Waals surface area contributed by atoms with Crippen molar-refractivity contribution in [2.24, 2.45) is 23.5 Å². The van der Waals surface area contributed by atoms with Crippen LogP contribution in [0.2, 0.25) is 0 Å². The molecule has 2 aliphatic rings. The van der Waals surface area contributed by atoms with Gasteiger partial charge in [0.15, 0.2) is 0 Å². The van der Waals surface area contributed by atoms with Crippen molar-refractivity contribution in [3.63, 3.8) is 0 Å². The predicted molar refractivity (Wildman–Crippen MR) is 81.4 cm³/mol. The van der Waals surface area contributed by atoms with E-state index in [9.17, 15) is 0 Å². The van der Waals surface area contributed by atoms with Crippen molar-refractivity contribution >= 4 is 5.69 Å². The normalized spacial score (nSPS) is 28.8. The Labute approximate surface area is 117 Å². The van der Waals surface area contributed by atoms with Gasteiger partial charge in [0.1, 0.15) is 0 Å². The van der Waals surface area contributed by atoms with Gasteiger partial charge >= 0.3 is 0 Å². The maximum absolute atomic E-state index is 5.59. The minimum absolute atomic E-state index is 0.736. The number of hydrogen-bond donors (Lipinski definition) is 1. The van der Waals surface area contributed by atoms with E-state index in [1.807, 2.05) is 0 Å². The molecule has 0 radical (unpaired) electrons. The largest absolute Gasteiger partial charge is 0.374 e. The first-order chi connectivity index (χ1) is 9.26. The molecule has 0 saturated heterocycles. The molecule has 2 saturated carbocycles. The Hall–Kier alpha value is -1.02. The van der Waals surface area contributed by atoms with Gasteiger partial charge < -0.3 is 10.6 Å². The Morgan fingerprint density at radius 2 is 1.95 bits per heavy atom. The zero-order chi connectivity index (χ0) is 13.2. The minimum atomic E-state index is 0.736. The maximum Gasteiger partial charge on any atom is 0.0363 e. The molecule has 0 spiro atoms. The van der Waals surface area contributed by atoms with E-state index < -0.39 is 0 Å². The van der Waals surface area contributed by atoms with Gasteiger partial charge in [-0.2, -0.15) is 0 Å². The molecular formula is C17H26N2. The molecule has 0 amide bonds.